The summed E-state index contributed by atoms with van der Waals surface area (Å²) in [6, 6.07) is 9.61. The Bertz CT molecular complexity index is 380. The Kier molecular flexibility index (Phi) is 4.91. The molecular weight excluding hydrogens is 216 g/mol. The maximum atomic E-state index is 11.3. The molecule has 1 atom stereocenters. The molecule has 0 aliphatic rings. The SMILES string of the molecule is CCOC(=O)CC(C)(O)/C=C/c1ccccc1. The highest BCUT2D eigenvalue weighted by atomic mass is 16.5. The maximum absolute atomic E-state index is 11.3. The normalized spacial score (nSPS) is 14.5. The summed E-state index contributed by atoms with van der Waals surface area (Å²) >= 11 is 0. The molecule has 1 aromatic rings. The third-order valence-corrected chi connectivity index (χ3v) is 2.24. The monoisotopic (exact) mass is 234 g/mol. The Hall–Kier alpha value is -1.61. The highest BCUT2D eigenvalue weighted by molar-refractivity contribution is 5.71. The van der Waals surface area contributed by atoms with E-state index in [2.05, 4.69) is 0 Å². The van der Waals surface area contributed by atoms with Gasteiger partial charge in [-0.2, -0.15) is 0 Å². The van der Waals surface area contributed by atoms with E-state index < -0.39 is 11.6 Å². The van der Waals surface area contributed by atoms with E-state index >= 15 is 0 Å². The second kappa shape index (κ2) is 6.21. The van der Waals surface area contributed by atoms with Crippen molar-refractivity contribution in [1.82, 2.24) is 0 Å². The van der Waals surface area contributed by atoms with Crippen LogP contribution in [0.1, 0.15) is 25.8 Å². The van der Waals surface area contributed by atoms with Crippen molar-refractivity contribution in [2.24, 2.45) is 0 Å². The van der Waals surface area contributed by atoms with Crippen LogP contribution >= 0.6 is 0 Å². The fourth-order valence-corrected chi connectivity index (χ4v) is 1.40. The van der Waals surface area contributed by atoms with E-state index in [9.17, 15) is 9.90 Å². The van der Waals surface area contributed by atoms with Crippen molar-refractivity contribution in [3.63, 3.8) is 0 Å². The van der Waals surface area contributed by atoms with Crippen molar-refractivity contribution in [3.05, 3.63) is 42.0 Å². The summed E-state index contributed by atoms with van der Waals surface area (Å²) in [4.78, 5) is 11.3. The number of esters is 1. The molecule has 0 bridgehead atoms. The van der Waals surface area contributed by atoms with Gasteiger partial charge in [0.05, 0.1) is 18.6 Å². The van der Waals surface area contributed by atoms with Crippen molar-refractivity contribution >= 4 is 12.0 Å². The first kappa shape index (κ1) is 13.5. The Morgan fingerprint density at radius 3 is 2.65 bits per heavy atom. The van der Waals surface area contributed by atoms with Crippen LogP contribution in [0.25, 0.3) is 6.08 Å². The lowest BCUT2D eigenvalue weighted by Crippen LogP contribution is -2.26. The first-order valence-corrected chi connectivity index (χ1v) is 5.66. The Labute approximate surface area is 102 Å². The van der Waals surface area contributed by atoms with Gasteiger partial charge in [0.1, 0.15) is 0 Å². The van der Waals surface area contributed by atoms with Gasteiger partial charge in [-0.1, -0.05) is 42.5 Å². The lowest BCUT2D eigenvalue weighted by molar-refractivity contribution is -0.146. The van der Waals surface area contributed by atoms with Crippen molar-refractivity contribution in [2.45, 2.75) is 25.9 Å². The molecule has 0 amide bonds. The lowest BCUT2D eigenvalue weighted by Gasteiger charge is -2.17. The molecule has 3 heteroatoms. The van der Waals surface area contributed by atoms with Gasteiger partial charge in [-0.05, 0) is 19.4 Å². The number of carbonyl (C=O) groups is 1. The number of rotatable bonds is 5. The first-order chi connectivity index (χ1) is 8.03. The summed E-state index contributed by atoms with van der Waals surface area (Å²) in [5, 5.41) is 9.99. The molecule has 0 spiro atoms. The zero-order chi connectivity index (χ0) is 12.7. The maximum Gasteiger partial charge on any atom is 0.309 e. The molecule has 0 saturated carbocycles. The second-order valence-electron chi connectivity index (χ2n) is 4.08. The number of hydrogen-bond donors (Lipinski definition) is 1. The number of hydrogen-bond acceptors (Lipinski definition) is 3. The van der Waals surface area contributed by atoms with Gasteiger partial charge in [0.15, 0.2) is 0 Å². The van der Waals surface area contributed by atoms with E-state index in [4.69, 9.17) is 4.74 Å². The number of benzene rings is 1. The standard InChI is InChI=1S/C14H18O3/c1-3-17-13(15)11-14(2,16)10-9-12-7-5-4-6-8-12/h4-10,16H,3,11H2,1-2H3/b10-9+. The molecule has 0 heterocycles. The third kappa shape index (κ3) is 5.31. The van der Waals surface area contributed by atoms with Gasteiger partial charge in [-0.25, -0.2) is 0 Å². The molecule has 0 radical (unpaired) electrons. The van der Waals surface area contributed by atoms with E-state index in [1.807, 2.05) is 30.3 Å². The van der Waals surface area contributed by atoms with E-state index in [-0.39, 0.29) is 6.42 Å². The van der Waals surface area contributed by atoms with E-state index in [1.54, 1.807) is 26.0 Å². The van der Waals surface area contributed by atoms with E-state index in [0.717, 1.165) is 5.56 Å². The second-order valence-corrected chi connectivity index (χ2v) is 4.08. The molecule has 1 rings (SSSR count). The van der Waals surface area contributed by atoms with Crippen molar-refractivity contribution in [2.75, 3.05) is 6.61 Å². The summed E-state index contributed by atoms with van der Waals surface area (Å²) in [5.74, 6) is -0.393. The average molecular weight is 234 g/mol. The van der Waals surface area contributed by atoms with Gasteiger partial charge in [0.2, 0.25) is 0 Å². The average Bonchev–Trinajstić information content (AvgIpc) is 2.27. The van der Waals surface area contributed by atoms with Crippen LogP contribution in [0.2, 0.25) is 0 Å². The molecule has 0 fully saturated rings. The van der Waals surface area contributed by atoms with Crippen LogP contribution in [0.15, 0.2) is 36.4 Å². The summed E-state index contributed by atoms with van der Waals surface area (Å²) < 4.78 is 4.80. The minimum atomic E-state index is -1.18. The van der Waals surface area contributed by atoms with E-state index in [1.165, 1.54) is 0 Å². The molecule has 0 aliphatic carbocycles. The molecule has 1 aromatic carbocycles. The predicted octanol–water partition coefficient (Wildman–Crippen LogP) is 2.40. The first-order valence-electron chi connectivity index (χ1n) is 5.66. The number of ether oxygens (including phenoxy) is 1. The van der Waals surface area contributed by atoms with Crippen LogP contribution in [-0.4, -0.2) is 23.3 Å². The molecule has 1 N–H and O–H groups in total. The fraction of sp³-hybridized carbons (Fsp3) is 0.357. The Morgan fingerprint density at radius 2 is 2.06 bits per heavy atom. The van der Waals surface area contributed by atoms with Crippen LogP contribution < -0.4 is 0 Å². The summed E-state index contributed by atoms with van der Waals surface area (Å²) in [5.41, 5.74) is -0.195. The van der Waals surface area contributed by atoms with Crippen molar-refractivity contribution in [1.29, 1.82) is 0 Å². The smallest absolute Gasteiger partial charge is 0.309 e. The highest BCUT2D eigenvalue weighted by Gasteiger charge is 2.21. The topological polar surface area (TPSA) is 46.5 Å². The molecule has 0 saturated heterocycles. The molecule has 17 heavy (non-hydrogen) atoms. The van der Waals surface area contributed by atoms with Gasteiger partial charge in [-0.3, -0.25) is 4.79 Å². The summed E-state index contributed by atoms with van der Waals surface area (Å²) in [6.45, 7) is 3.66. The van der Waals surface area contributed by atoms with Gasteiger partial charge in [0, 0.05) is 0 Å². The number of carbonyl (C=O) groups excluding carboxylic acids is 1. The quantitative estimate of drug-likeness (QED) is 0.796. The van der Waals surface area contributed by atoms with Crippen LogP contribution in [0.3, 0.4) is 0 Å². The van der Waals surface area contributed by atoms with Gasteiger partial charge < -0.3 is 9.84 Å². The third-order valence-electron chi connectivity index (χ3n) is 2.24. The summed E-state index contributed by atoms with van der Waals surface area (Å²) in [6.07, 6.45) is 3.36. The van der Waals surface area contributed by atoms with Crippen LogP contribution in [-0.2, 0) is 9.53 Å². The highest BCUT2D eigenvalue weighted by Crippen LogP contribution is 2.14. The van der Waals surface area contributed by atoms with Gasteiger partial charge in [0.25, 0.3) is 0 Å². The predicted molar refractivity (Wildman–Crippen MR) is 67.3 cm³/mol. The van der Waals surface area contributed by atoms with Crippen molar-refractivity contribution < 1.29 is 14.6 Å². The van der Waals surface area contributed by atoms with Crippen LogP contribution in [0.4, 0.5) is 0 Å². The van der Waals surface area contributed by atoms with Gasteiger partial charge in [-0.15, -0.1) is 0 Å². The zero-order valence-corrected chi connectivity index (χ0v) is 10.2. The molecule has 92 valence electrons. The lowest BCUT2D eigenvalue weighted by atomic mass is 10.0. The zero-order valence-electron chi connectivity index (χ0n) is 10.2. The van der Waals surface area contributed by atoms with Crippen LogP contribution in [0.5, 0.6) is 0 Å². The molecule has 3 nitrogen and oxygen atoms in total. The Morgan fingerprint density at radius 1 is 1.41 bits per heavy atom. The van der Waals surface area contributed by atoms with Crippen molar-refractivity contribution in [3.8, 4) is 0 Å². The molecule has 0 aliphatic heterocycles. The fourth-order valence-electron chi connectivity index (χ4n) is 1.40. The number of aliphatic hydroxyl groups is 1. The van der Waals surface area contributed by atoms with Gasteiger partial charge >= 0.3 is 5.97 Å². The minimum absolute atomic E-state index is 0.0375. The largest absolute Gasteiger partial charge is 0.466 e. The van der Waals surface area contributed by atoms with E-state index in [0.29, 0.717) is 6.61 Å². The summed E-state index contributed by atoms with van der Waals surface area (Å²) in [7, 11) is 0. The molecule has 1 unspecified atom stereocenters. The van der Waals surface area contributed by atoms with Crippen LogP contribution in [0, 0.1) is 0 Å². The molecule has 0 aromatic heterocycles. The molecular formula is C14H18O3. The Balaban J connectivity index is 2.60. The minimum Gasteiger partial charge on any atom is -0.466 e.